The van der Waals surface area contributed by atoms with Crippen molar-refractivity contribution in [1.82, 2.24) is 10.6 Å². The van der Waals surface area contributed by atoms with Crippen molar-refractivity contribution in [3.8, 4) is 0 Å². The summed E-state index contributed by atoms with van der Waals surface area (Å²) in [6.07, 6.45) is 5.86. The van der Waals surface area contributed by atoms with Crippen LogP contribution in [0.25, 0.3) is 0 Å². The van der Waals surface area contributed by atoms with E-state index in [0.29, 0.717) is 12.1 Å². The minimum atomic E-state index is -0.0977. The minimum Gasteiger partial charge on any atom is -0.381 e. The molecule has 0 aromatic heterocycles. The molecule has 0 saturated heterocycles. The second-order valence-electron chi connectivity index (χ2n) is 4.91. The molecule has 0 bridgehead atoms. The van der Waals surface area contributed by atoms with E-state index in [0.717, 1.165) is 25.8 Å². The van der Waals surface area contributed by atoms with Crippen molar-refractivity contribution < 1.29 is 9.53 Å². The fourth-order valence-electron chi connectivity index (χ4n) is 2.06. The maximum atomic E-state index is 11.7. The Morgan fingerprint density at radius 2 is 2.12 bits per heavy atom. The van der Waals surface area contributed by atoms with Crippen molar-refractivity contribution in [2.75, 3.05) is 13.7 Å². The summed E-state index contributed by atoms with van der Waals surface area (Å²) in [6, 6.07) is 0.343. The largest absolute Gasteiger partial charge is 0.381 e. The van der Waals surface area contributed by atoms with Crippen molar-refractivity contribution in [3.05, 3.63) is 0 Å². The van der Waals surface area contributed by atoms with Crippen molar-refractivity contribution >= 4 is 5.91 Å². The fourth-order valence-corrected chi connectivity index (χ4v) is 2.06. The molecular weight excluding hydrogens is 216 g/mol. The highest BCUT2D eigenvalue weighted by atomic mass is 16.5. The van der Waals surface area contributed by atoms with Crippen molar-refractivity contribution in [2.45, 2.75) is 64.1 Å². The zero-order valence-corrected chi connectivity index (χ0v) is 11.3. The van der Waals surface area contributed by atoms with Gasteiger partial charge >= 0.3 is 0 Å². The molecule has 1 fully saturated rings. The van der Waals surface area contributed by atoms with Crippen molar-refractivity contribution in [3.63, 3.8) is 0 Å². The summed E-state index contributed by atoms with van der Waals surface area (Å²) >= 11 is 0. The Kier molecular flexibility index (Phi) is 6.52. The number of unbranched alkanes of at least 4 members (excludes halogenated alkanes) is 2. The number of hydrogen-bond donors (Lipinski definition) is 2. The van der Waals surface area contributed by atoms with Gasteiger partial charge < -0.3 is 15.4 Å². The molecule has 0 radical (unpaired) electrons. The van der Waals surface area contributed by atoms with Crippen LogP contribution >= 0.6 is 0 Å². The first kappa shape index (κ1) is 14.5. The van der Waals surface area contributed by atoms with Crippen LogP contribution in [0.15, 0.2) is 0 Å². The number of ether oxygens (including phenoxy) is 1. The van der Waals surface area contributed by atoms with Gasteiger partial charge in [0.05, 0.1) is 12.1 Å². The monoisotopic (exact) mass is 242 g/mol. The quantitative estimate of drug-likeness (QED) is 0.633. The molecule has 4 nitrogen and oxygen atoms in total. The maximum absolute atomic E-state index is 11.7. The van der Waals surface area contributed by atoms with Gasteiger partial charge in [-0.15, -0.1) is 0 Å². The van der Waals surface area contributed by atoms with Gasteiger partial charge in [-0.05, 0) is 26.2 Å². The van der Waals surface area contributed by atoms with Crippen LogP contribution < -0.4 is 10.6 Å². The third-order valence-corrected chi connectivity index (χ3v) is 3.39. The van der Waals surface area contributed by atoms with E-state index in [1.54, 1.807) is 7.11 Å². The van der Waals surface area contributed by atoms with Crippen LogP contribution in [0.5, 0.6) is 0 Å². The molecule has 2 N–H and O–H groups in total. The Labute approximate surface area is 104 Å². The SMILES string of the molecule is CCCCCNC(=O)C(C)NC1CC(OC)C1. The average molecular weight is 242 g/mol. The summed E-state index contributed by atoms with van der Waals surface area (Å²) in [5, 5.41) is 6.29. The second kappa shape index (κ2) is 7.67. The zero-order chi connectivity index (χ0) is 12.7. The molecule has 17 heavy (non-hydrogen) atoms. The molecule has 0 heterocycles. The van der Waals surface area contributed by atoms with Gasteiger partial charge in [0.15, 0.2) is 0 Å². The topological polar surface area (TPSA) is 50.4 Å². The normalized spacial score (nSPS) is 25.1. The van der Waals surface area contributed by atoms with Gasteiger partial charge in [-0.2, -0.15) is 0 Å². The van der Waals surface area contributed by atoms with Gasteiger partial charge in [0.2, 0.25) is 5.91 Å². The van der Waals surface area contributed by atoms with Crippen LogP contribution in [0.3, 0.4) is 0 Å². The van der Waals surface area contributed by atoms with Gasteiger partial charge in [-0.3, -0.25) is 4.79 Å². The van der Waals surface area contributed by atoms with E-state index >= 15 is 0 Å². The molecule has 1 amide bonds. The highest BCUT2D eigenvalue weighted by Gasteiger charge is 2.30. The van der Waals surface area contributed by atoms with Crippen LogP contribution in [0.4, 0.5) is 0 Å². The van der Waals surface area contributed by atoms with Crippen LogP contribution in [-0.4, -0.2) is 37.7 Å². The van der Waals surface area contributed by atoms with E-state index in [-0.39, 0.29) is 11.9 Å². The number of rotatable bonds is 8. The summed E-state index contributed by atoms with van der Waals surface area (Å²) in [5.74, 6) is 0.113. The number of amides is 1. The Morgan fingerprint density at radius 1 is 1.41 bits per heavy atom. The first-order valence-corrected chi connectivity index (χ1v) is 6.74. The highest BCUT2D eigenvalue weighted by Crippen LogP contribution is 2.22. The van der Waals surface area contributed by atoms with Gasteiger partial charge in [-0.1, -0.05) is 19.8 Å². The van der Waals surface area contributed by atoms with Gasteiger partial charge in [-0.25, -0.2) is 0 Å². The van der Waals surface area contributed by atoms with Crippen LogP contribution in [0, 0.1) is 0 Å². The number of methoxy groups -OCH3 is 1. The molecule has 100 valence electrons. The molecular formula is C13H26N2O2. The average Bonchev–Trinajstić information content (AvgIpc) is 2.28. The zero-order valence-electron chi connectivity index (χ0n) is 11.3. The van der Waals surface area contributed by atoms with Gasteiger partial charge in [0.1, 0.15) is 0 Å². The lowest BCUT2D eigenvalue weighted by atomic mass is 9.88. The first-order chi connectivity index (χ1) is 8.17. The van der Waals surface area contributed by atoms with E-state index < -0.39 is 0 Å². The Balaban J connectivity index is 2.06. The standard InChI is InChI=1S/C13H26N2O2/c1-4-5-6-7-14-13(16)10(2)15-11-8-12(9-11)17-3/h10-12,15H,4-9H2,1-3H3,(H,14,16). The predicted molar refractivity (Wildman–Crippen MR) is 69.0 cm³/mol. The summed E-state index contributed by atoms with van der Waals surface area (Å²) in [5.41, 5.74) is 0. The molecule has 0 aliphatic heterocycles. The third kappa shape index (κ3) is 5.04. The third-order valence-electron chi connectivity index (χ3n) is 3.39. The smallest absolute Gasteiger partial charge is 0.236 e. The molecule has 1 unspecified atom stereocenters. The van der Waals surface area contributed by atoms with E-state index in [9.17, 15) is 4.79 Å². The molecule has 0 spiro atoms. The number of nitrogens with one attached hydrogen (secondary N) is 2. The van der Waals surface area contributed by atoms with Crippen LogP contribution in [-0.2, 0) is 9.53 Å². The summed E-state index contributed by atoms with van der Waals surface area (Å²) in [7, 11) is 1.74. The van der Waals surface area contributed by atoms with E-state index in [1.165, 1.54) is 12.8 Å². The predicted octanol–water partition coefficient (Wildman–Crippen LogP) is 1.45. The number of carbonyl (C=O) groups excluding carboxylic acids is 1. The van der Waals surface area contributed by atoms with Crippen molar-refractivity contribution in [1.29, 1.82) is 0 Å². The Bertz CT molecular complexity index is 227. The lowest BCUT2D eigenvalue weighted by Crippen LogP contribution is -2.53. The molecule has 1 saturated carbocycles. The highest BCUT2D eigenvalue weighted by molar-refractivity contribution is 5.81. The molecule has 4 heteroatoms. The summed E-state index contributed by atoms with van der Waals surface area (Å²) in [6.45, 7) is 4.88. The minimum absolute atomic E-state index is 0.0977. The number of hydrogen-bond acceptors (Lipinski definition) is 3. The van der Waals surface area contributed by atoms with Gasteiger partial charge in [0, 0.05) is 19.7 Å². The van der Waals surface area contributed by atoms with Crippen LogP contribution in [0.1, 0.15) is 46.0 Å². The van der Waals surface area contributed by atoms with E-state index in [1.807, 2.05) is 6.92 Å². The first-order valence-electron chi connectivity index (χ1n) is 6.74. The fraction of sp³-hybridized carbons (Fsp3) is 0.923. The summed E-state index contributed by atoms with van der Waals surface area (Å²) < 4.78 is 5.21. The molecule has 0 aromatic carbocycles. The number of carbonyl (C=O) groups is 1. The molecule has 0 aromatic rings. The van der Waals surface area contributed by atoms with E-state index in [4.69, 9.17) is 4.74 Å². The molecule has 1 rings (SSSR count). The van der Waals surface area contributed by atoms with Gasteiger partial charge in [0.25, 0.3) is 0 Å². The summed E-state index contributed by atoms with van der Waals surface area (Å²) in [4.78, 5) is 11.7. The second-order valence-corrected chi connectivity index (χ2v) is 4.91. The molecule has 1 aliphatic rings. The van der Waals surface area contributed by atoms with E-state index in [2.05, 4.69) is 17.6 Å². The van der Waals surface area contributed by atoms with Crippen LogP contribution in [0.2, 0.25) is 0 Å². The molecule has 1 atom stereocenters. The lowest BCUT2D eigenvalue weighted by molar-refractivity contribution is -0.123. The van der Waals surface area contributed by atoms with Crippen molar-refractivity contribution in [2.24, 2.45) is 0 Å². The lowest BCUT2D eigenvalue weighted by Gasteiger charge is -2.36. The Hall–Kier alpha value is -0.610. The maximum Gasteiger partial charge on any atom is 0.236 e. The Morgan fingerprint density at radius 3 is 2.71 bits per heavy atom. The molecule has 1 aliphatic carbocycles.